The van der Waals surface area contributed by atoms with Crippen LogP contribution in [0.15, 0.2) is 18.3 Å². The van der Waals surface area contributed by atoms with Crippen molar-refractivity contribution in [2.24, 2.45) is 0 Å². The summed E-state index contributed by atoms with van der Waals surface area (Å²) >= 11 is 0. The molecule has 1 aromatic rings. The molecule has 1 heterocycles. The molecule has 0 aliphatic rings. The van der Waals surface area contributed by atoms with Crippen LogP contribution in [0.4, 0.5) is 4.39 Å². The zero-order valence-electron chi connectivity index (χ0n) is 5.54. The van der Waals surface area contributed by atoms with E-state index >= 15 is 0 Å². The Balaban J connectivity index is 2.80. The van der Waals surface area contributed by atoms with Gasteiger partial charge in [-0.1, -0.05) is 0 Å². The Labute approximate surface area is 58.7 Å². The highest BCUT2D eigenvalue weighted by molar-refractivity contribution is 5.21. The summed E-state index contributed by atoms with van der Waals surface area (Å²) in [6.45, 7) is 0.492. The maximum atomic E-state index is 11.8. The summed E-state index contributed by atoms with van der Waals surface area (Å²) in [6, 6.07) is 3.19. The molecule has 1 rings (SSSR count). The topological polar surface area (TPSA) is 22.1 Å². The molecule has 0 fully saturated rings. The Kier molecular flexibility index (Phi) is 2.20. The smallest absolute Gasteiger partial charge is 0.212 e. The van der Waals surface area contributed by atoms with Gasteiger partial charge in [0, 0.05) is 17.8 Å². The first-order valence-corrected chi connectivity index (χ1v) is 2.80. The van der Waals surface area contributed by atoms with Gasteiger partial charge in [-0.25, -0.2) is 9.37 Å². The molecule has 3 heteroatoms. The van der Waals surface area contributed by atoms with E-state index in [0.717, 1.165) is 0 Å². The van der Waals surface area contributed by atoms with Crippen LogP contribution in [-0.2, 0) is 0 Å². The molecule has 0 aromatic carbocycles. The van der Waals surface area contributed by atoms with Crippen molar-refractivity contribution in [3.05, 3.63) is 30.6 Å². The number of aromatic nitrogens is 1. The van der Waals surface area contributed by atoms with Crippen molar-refractivity contribution in [2.45, 2.75) is 0 Å². The molecule has 10 heavy (non-hydrogen) atoms. The van der Waals surface area contributed by atoms with Gasteiger partial charge in [-0.05, 0) is 6.07 Å². The number of hydrogen-bond donors (Lipinski definition) is 0. The first-order valence-electron chi connectivity index (χ1n) is 2.80. The second-order valence-corrected chi connectivity index (χ2v) is 1.74. The Morgan fingerprint density at radius 2 is 2.40 bits per heavy atom. The van der Waals surface area contributed by atoms with Gasteiger partial charge in [0.1, 0.15) is 0 Å². The number of hydrogen-bond acceptors (Lipinski definition) is 2. The summed E-state index contributed by atoms with van der Waals surface area (Å²) in [5, 5.41) is 0. The van der Waals surface area contributed by atoms with Crippen LogP contribution in [0.25, 0.3) is 0 Å². The monoisotopic (exact) mass is 140 g/mol. The second-order valence-electron chi connectivity index (χ2n) is 1.74. The molecule has 0 atom stereocenters. The lowest BCUT2D eigenvalue weighted by atomic mass is 10.3. The van der Waals surface area contributed by atoms with E-state index in [1.165, 1.54) is 13.3 Å². The van der Waals surface area contributed by atoms with Crippen molar-refractivity contribution >= 4 is 0 Å². The summed E-state index contributed by atoms with van der Waals surface area (Å²) in [5.41, 5.74) is 0.445. The van der Waals surface area contributed by atoms with Crippen LogP contribution in [0, 0.1) is 6.67 Å². The SMILES string of the molecule is COc1ccc([CH]F)cn1. The fraction of sp³-hybridized carbons (Fsp3) is 0.143. The average molecular weight is 140 g/mol. The molecule has 1 radical (unpaired) electrons. The van der Waals surface area contributed by atoms with Crippen molar-refractivity contribution < 1.29 is 9.13 Å². The second kappa shape index (κ2) is 3.15. The minimum absolute atomic E-state index is 0.445. The van der Waals surface area contributed by atoms with E-state index < -0.39 is 0 Å². The predicted octanol–water partition coefficient (Wildman–Crippen LogP) is 1.57. The Morgan fingerprint density at radius 3 is 2.80 bits per heavy atom. The summed E-state index contributed by atoms with van der Waals surface area (Å²) in [5.74, 6) is 0.491. The highest BCUT2D eigenvalue weighted by Gasteiger charge is 1.93. The zero-order chi connectivity index (χ0) is 7.40. The fourth-order valence-electron chi connectivity index (χ4n) is 0.577. The molecule has 2 nitrogen and oxygen atoms in total. The van der Waals surface area contributed by atoms with Gasteiger partial charge < -0.3 is 4.74 Å². The molecule has 0 spiro atoms. The lowest BCUT2D eigenvalue weighted by molar-refractivity contribution is 0.397. The lowest BCUT2D eigenvalue weighted by Crippen LogP contribution is -1.86. The molecule has 0 saturated heterocycles. The van der Waals surface area contributed by atoms with E-state index in [2.05, 4.69) is 4.98 Å². The van der Waals surface area contributed by atoms with E-state index in [-0.39, 0.29) is 0 Å². The molecule has 0 saturated carbocycles. The van der Waals surface area contributed by atoms with Gasteiger partial charge in [0.2, 0.25) is 5.88 Å². The minimum Gasteiger partial charge on any atom is -0.481 e. The normalized spacial score (nSPS) is 9.40. The van der Waals surface area contributed by atoms with Crippen molar-refractivity contribution in [3.63, 3.8) is 0 Å². The first kappa shape index (κ1) is 6.99. The zero-order valence-corrected chi connectivity index (χ0v) is 5.54. The summed E-state index contributed by atoms with van der Waals surface area (Å²) in [7, 11) is 1.52. The number of rotatable bonds is 2. The highest BCUT2D eigenvalue weighted by atomic mass is 19.1. The van der Waals surface area contributed by atoms with E-state index in [4.69, 9.17) is 4.74 Å². The van der Waals surface area contributed by atoms with Crippen molar-refractivity contribution in [2.75, 3.05) is 7.11 Å². The van der Waals surface area contributed by atoms with E-state index in [9.17, 15) is 4.39 Å². The summed E-state index contributed by atoms with van der Waals surface area (Å²) in [6.07, 6.45) is 1.40. The van der Waals surface area contributed by atoms with Crippen LogP contribution in [0.3, 0.4) is 0 Å². The Bertz CT molecular complexity index is 174. The Hall–Kier alpha value is -1.12. The van der Waals surface area contributed by atoms with Crippen LogP contribution < -0.4 is 4.74 Å². The van der Waals surface area contributed by atoms with Crippen molar-refractivity contribution in [3.8, 4) is 5.88 Å². The van der Waals surface area contributed by atoms with Gasteiger partial charge in [0.15, 0.2) is 6.67 Å². The van der Waals surface area contributed by atoms with E-state index in [0.29, 0.717) is 18.1 Å². The molecule has 0 aliphatic heterocycles. The van der Waals surface area contributed by atoms with Crippen LogP contribution in [0.1, 0.15) is 5.56 Å². The third-order valence-corrected chi connectivity index (χ3v) is 1.09. The van der Waals surface area contributed by atoms with Crippen LogP contribution in [-0.4, -0.2) is 12.1 Å². The molecule has 0 N–H and O–H groups in total. The number of ether oxygens (including phenoxy) is 1. The number of methoxy groups -OCH3 is 1. The molecule has 0 unspecified atom stereocenters. The van der Waals surface area contributed by atoms with Crippen LogP contribution in [0.5, 0.6) is 5.88 Å². The largest absolute Gasteiger partial charge is 0.481 e. The predicted molar refractivity (Wildman–Crippen MR) is 35.3 cm³/mol. The lowest BCUT2D eigenvalue weighted by Gasteiger charge is -1.96. The van der Waals surface area contributed by atoms with Crippen molar-refractivity contribution in [1.82, 2.24) is 4.98 Å². The van der Waals surface area contributed by atoms with Gasteiger partial charge in [0.25, 0.3) is 0 Å². The molecular weight excluding hydrogens is 133 g/mol. The molecule has 0 aliphatic carbocycles. The third kappa shape index (κ3) is 1.43. The molecular formula is C7H7FNO. The number of pyridine rings is 1. The quantitative estimate of drug-likeness (QED) is 0.622. The molecule has 0 bridgehead atoms. The Morgan fingerprint density at radius 1 is 1.60 bits per heavy atom. The van der Waals surface area contributed by atoms with Crippen molar-refractivity contribution in [1.29, 1.82) is 0 Å². The van der Waals surface area contributed by atoms with E-state index in [1.54, 1.807) is 12.1 Å². The maximum absolute atomic E-state index is 11.8. The van der Waals surface area contributed by atoms with Gasteiger partial charge in [-0.15, -0.1) is 0 Å². The molecule has 53 valence electrons. The summed E-state index contributed by atoms with van der Waals surface area (Å²) < 4.78 is 16.5. The number of halogens is 1. The van der Waals surface area contributed by atoms with Gasteiger partial charge >= 0.3 is 0 Å². The van der Waals surface area contributed by atoms with E-state index in [1.807, 2.05) is 0 Å². The van der Waals surface area contributed by atoms with Crippen LogP contribution in [0.2, 0.25) is 0 Å². The molecule has 0 amide bonds. The van der Waals surface area contributed by atoms with Gasteiger partial charge in [-0.2, -0.15) is 0 Å². The average Bonchev–Trinajstić information content (AvgIpc) is 2.05. The number of nitrogens with zero attached hydrogens (tertiary/aromatic N) is 1. The third-order valence-electron chi connectivity index (χ3n) is 1.09. The standard InChI is InChI=1S/C7H7FNO/c1-10-7-3-2-6(4-8)5-9-7/h2-5H,1H3. The highest BCUT2D eigenvalue weighted by Crippen LogP contribution is 2.07. The first-order chi connectivity index (χ1) is 4.86. The van der Waals surface area contributed by atoms with Gasteiger partial charge in [0.05, 0.1) is 7.11 Å². The maximum Gasteiger partial charge on any atom is 0.212 e. The van der Waals surface area contributed by atoms with Gasteiger partial charge in [-0.3, -0.25) is 0 Å². The molecule has 1 aromatic heterocycles. The van der Waals surface area contributed by atoms with Crippen LogP contribution >= 0.6 is 0 Å². The fourth-order valence-corrected chi connectivity index (χ4v) is 0.577. The summed E-state index contributed by atoms with van der Waals surface area (Å²) in [4.78, 5) is 3.77. The minimum atomic E-state index is 0.445.